The van der Waals surface area contributed by atoms with E-state index in [4.69, 9.17) is 11.6 Å². The highest BCUT2D eigenvalue weighted by atomic mass is 79.9. The number of aromatic amines is 2. The lowest BCUT2D eigenvalue weighted by molar-refractivity contribution is 0.794. The lowest BCUT2D eigenvalue weighted by atomic mass is 9.88. The summed E-state index contributed by atoms with van der Waals surface area (Å²) in [5.74, 6) is -0.135. The number of halogens is 3. The standard InChI is InChI=1S/C25H16Br2ClN5/c26-14-4-6-22-18(8-14)20(11-29-22)25(21-12-30-23-7-5-15(27)9-19(21)23)24-13-33(32-31-24)17-3-1-2-16(28)10-17/h1-13,25,29-30H. The molecule has 0 amide bonds. The second kappa shape index (κ2) is 8.17. The zero-order valence-corrected chi connectivity index (χ0v) is 21.0. The Bertz CT molecular complexity index is 1550. The van der Waals surface area contributed by atoms with Gasteiger partial charge in [0.1, 0.15) is 0 Å². The van der Waals surface area contributed by atoms with Gasteiger partial charge in [-0.05, 0) is 65.7 Å². The molecule has 3 aromatic heterocycles. The Kier molecular flexibility index (Phi) is 5.13. The molecule has 6 aromatic rings. The average Bonchev–Trinajstić information content (AvgIpc) is 3.54. The van der Waals surface area contributed by atoms with Crippen LogP contribution in [0.15, 0.2) is 88.2 Å². The van der Waals surface area contributed by atoms with Crippen molar-refractivity contribution in [3.8, 4) is 5.69 Å². The van der Waals surface area contributed by atoms with E-state index in [0.29, 0.717) is 5.02 Å². The van der Waals surface area contributed by atoms with Crippen molar-refractivity contribution in [3.05, 3.63) is 110 Å². The van der Waals surface area contributed by atoms with Gasteiger partial charge in [0.25, 0.3) is 0 Å². The van der Waals surface area contributed by atoms with Crippen LogP contribution in [0.3, 0.4) is 0 Å². The smallest absolute Gasteiger partial charge is 0.0952 e. The maximum absolute atomic E-state index is 6.21. The van der Waals surface area contributed by atoms with Gasteiger partial charge in [-0.3, -0.25) is 0 Å². The predicted molar refractivity (Wildman–Crippen MR) is 139 cm³/mol. The molecule has 0 aliphatic carbocycles. The highest BCUT2D eigenvalue weighted by Crippen LogP contribution is 2.40. The summed E-state index contributed by atoms with van der Waals surface area (Å²) in [4.78, 5) is 6.84. The van der Waals surface area contributed by atoms with Crippen molar-refractivity contribution >= 4 is 65.3 Å². The molecule has 0 bridgehead atoms. The van der Waals surface area contributed by atoms with Crippen LogP contribution in [-0.4, -0.2) is 25.0 Å². The van der Waals surface area contributed by atoms with Crippen LogP contribution in [0.2, 0.25) is 5.02 Å². The van der Waals surface area contributed by atoms with Crippen LogP contribution in [0.5, 0.6) is 0 Å². The molecule has 3 aromatic carbocycles. The highest BCUT2D eigenvalue weighted by molar-refractivity contribution is 9.10. The van der Waals surface area contributed by atoms with Gasteiger partial charge in [0.15, 0.2) is 0 Å². The Morgan fingerprint density at radius 3 is 2.06 bits per heavy atom. The third-order valence-corrected chi connectivity index (χ3v) is 7.07. The summed E-state index contributed by atoms with van der Waals surface area (Å²) >= 11 is 13.5. The first kappa shape index (κ1) is 20.7. The van der Waals surface area contributed by atoms with E-state index in [-0.39, 0.29) is 5.92 Å². The van der Waals surface area contributed by atoms with Crippen LogP contribution in [0.1, 0.15) is 22.7 Å². The molecule has 0 aliphatic heterocycles. The third-order valence-electron chi connectivity index (χ3n) is 5.85. The summed E-state index contributed by atoms with van der Waals surface area (Å²) in [5, 5.41) is 12.0. The van der Waals surface area contributed by atoms with Crippen molar-refractivity contribution in [1.29, 1.82) is 0 Å². The molecule has 162 valence electrons. The van der Waals surface area contributed by atoms with Crippen LogP contribution in [0.25, 0.3) is 27.5 Å². The van der Waals surface area contributed by atoms with Crippen LogP contribution in [0.4, 0.5) is 0 Å². The first-order valence-corrected chi connectivity index (χ1v) is 12.2. The first-order chi connectivity index (χ1) is 16.1. The molecule has 5 nitrogen and oxygen atoms in total. The van der Waals surface area contributed by atoms with Crippen molar-refractivity contribution in [2.45, 2.75) is 5.92 Å². The summed E-state index contributed by atoms with van der Waals surface area (Å²) in [6.07, 6.45) is 6.11. The van der Waals surface area contributed by atoms with E-state index in [9.17, 15) is 0 Å². The fourth-order valence-corrected chi connectivity index (χ4v) is 5.25. The van der Waals surface area contributed by atoms with E-state index in [0.717, 1.165) is 53.3 Å². The minimum Gasteiger partial charge on any atom is -0.361 e. The Morgan fingerprint density at radius 1 is 0.818 bits per heavy atom. The van der Waals surface area contributed by atoms with Gasteiger partial charge >= 0.3 is 0 Å². The van der Waals surface area contributed by atoms with Crippen LogP contribution in [0, 0.1) is 0 Å². The number of rotatable bonds is 4. The Labute approximate surface area is 211 Å². The van der Waals surface area contributed by atoms with E-state index in [2.05, 4.69) is 88.8 Å². The summed E-state index contributed by atoms with van der Waals surface area (Å²) in [6, 6.07) is 20.1. The van der Waals surface area contributed by atoms with Crippen molar-refractivity contribution in [3.63, 3.8) is 0 Å². The normalized spacial score (nSPS) is 11.8. The molecule has 6 rings (SSSR count). The Morgan fingerprint density at radius 2 is 1.45 bits per heavy atom. The van der Waals surface area contributed by atoms with Gasteiger partial charge in [-0.2, -0.15) is 0 Å². The topological polar surface area (TPSA) is 62.3 Å². The molecule has 0 unspecified atom stereocenters. The lowest BCUT2D eigenvalue weighted by Gasteiger charge is -2.14. The molecule has 33 heavy (non-hydrogen) atoms. The molecule has 2 N–H and O–H groups in total. The van der Waals surface area contributed by atoms with E-state index < -0.39 is 0 Å². The number of H-pyrrole nitrogens is 2. The SMILES string of the molecule is Clc1cccc(-n2cc(C(c3c[nH]c4ccc(Br)cc34)c3c[nH]c4ccc(Br)cc34)nn2)c1. The van der Waals surface area contributed by atoms with E-state index in [1.807, 2.05) is 42.6 Å². The van der Waals surface area contributed by atoms with Crippen LogP contribution in [-0.2, 0) is 0 Å². The van der Waals surface area contributed by atoms with Gasteiger partial charge in [0.2, 0.25) is 0 Å². The molecule has 0 fully saturated rings. The second-order valence-corrected chi connectivity index (χ2v) is 10.1. The van der Waals surface area contributed by atoms with Crippen molar-refractivity contribution in [2.75, 3.05) is 0 Å². The summed E-state index contributed by atoms with van der Waals surface area (Å²) < 4.78 is 3.82. The van der Waals surface area contributed by atoms with E-state index >= 15 is 0 Å². The highest BCUT2D eigenvalue weighted by Gasteiger charge is 2.26. The largest absolute Gasteiger partial charge is 0.361 e. The number of hydrogen-bond acceptors (Lipinski definition) is 2. The number of nitrogens with one attached hydrogen (secondary N) is 2. The third kappa shape index (κ3) is 3.70. The average molecular weight is 582 g/mol. The Hall–Kier alpha value is -2.87. The van der Waals surface area contributed by atoms with Gasteiger partial charge in [-0.15, -0.1) is 5.10 Å². The Balaban J connectivity index is 1.58. The van der Waals surface area contributed by atoms with Gasteiger partial charge in [-0.1, -0.05) is 54.7 Å². The monoisotopic (exact) mass is 579 g/mol. The number of hydrogen-bond donors (Lipinski definition) is 2. The van der Waals surface area contributed by atoms with Crippen molar-refractivity contribution in [2.24, 2.45) is 0 Å². The maximum atomic E-state index is 6.21. The summed E-state index contributed by atoms with van der Waals surface area (Å²) in [7, 11) is 0. The maximum Gasteiger partial charge on any atom is 0.0952 e. The zero-order valence-electron chi connectivity index (χ0n) is 17.1. The minimum absolute atomic E-state index is 0.135. The molecule has 0 aliphatic rings. The van der Waals surface area contributed by atoms with E-state index in [1.165, 1.54) is 0 Å². The van der Waals surface area contributed by atoms with Crippen LogP contribution < -0.4 is 0 Å². The number of nitrogens with zero attached hydrogens (tertiary/aromatic N) is 3. The lowest BCUT2D eigenvalue weighted by Crippen LogP contribution is -2.03. The molecule has 0 spiro atoms. The van der Waals surface area contributed by atoms with Crippen LogP contribution >= 0.6 is 43.5 Å². The predicted octanol–water partition coefficient (Wildman–Crippen LogP) is 7.59. The molecular weight excluding hydrogens is 566 g/mol. The summed E-state index contributed by atoms with van der Waals surface area (Å²) in [6.45, 7) is 0. The van der Waals surface area contributed by atoms with Gasteiger partial charge in [0.05, 0.1) is 23.5 Å². The molecule has 0 atom stereocenters. The zero-order chi connectivity index (χ0) is 22.5. The molecule has 8 heteroatoms. The van der Waals surface area contributed by atoms with E-state index in [1.54, 1.807) is 4.68 Å². The summed E-state index contributed by atoms with van der Waals surface area (Å²) in [5.41, 5.74) is 6.11. The number of aromatic nitrogens is 5. The molecule has 0 saturated carbocycles. The molecule has 3 heterocycles. The number of benzene rings is 3. The quantitative estimate of drug-likeness (QED) is 0.225. The molecule has 0 saturated heterocycles. The van der Waals surface area contributed by atoms with Crippen molar-refractivity contribution in [1.82, 2.24) is 25.0 Å². The number of fused-ring (bicyclic) bond motifs is 2. The molecule has 0 radical (unpaired) electrons. The first-order valence-electron chi connectivity index (χ1n) is 10.3. The second-order valence-electron chi connectivity index (χ2n) is 7.87. The van der Waals surface area contributed by atoms with Gasteiger partial charge in [-0.25, -0.2) is 4.68 Å². The van der Waals surface area contributed by atoms with Gasteiger partial charge in [0, 0.05) is 48.2 Å². The van der Waals surface area contributed by atoms with Gasteiger partial charge < -0.3 is 9.97 Å². The molecular formula is C25H16Br2ClN5. The fraction of sp³-hybridized carbons (Fsp3) is 0.0400. The minimum atomic E-state index is -0.135. The fourth-order valence-electron chi connectivity index (χ4n) is 4.35. The van der Waals surface area contributed by atoms with Crippen molar-refractivity contribution < 1.29 is 0 Å².